The average Bonchev–Trinajstić information content (AvgIpc) is 2.25. The Morgan fingerprint density at radius 2 is 2.06 bits per heavy atom. The molecule has 0 fully saturated rings. The summed E-state index contributed by atoms with van der Waals surface area (Å²) in [5.74, 6) is 1.58. The molecular formula is C14H22O2. The van der Waals surface area contributed by atoms with E-state index in [9.17, 15) is 5.11 Å². The van der Waals surface area contributed by atoms with Crippen LogP contribution >= 0.6 is 0 Å². The van der Waals surface area contributed by atoms with Crippen molar-refractivity contribution < 1.29 is 9.84 Å². The van der Waals surface area contributed by atoms with Gasteiger partial charge >= 0.3 is 0 Å². The van der Waals surface area contributed by atoms with Gasteiger partial charge in [0.1, 0.15) is 5.75 Å². The number of aliphatic hydroxyl groups is 1. The van der Waals surface area contributed by atoms with Gasteiger partial charge in [0.25, 0.3) is 0 Å². The number of aryl methyl sites for hydroxylation is 1. The molecule has 90 valence electrons. The quantitative estimate of drug-likeness (QED) is 0.748. The first kappa shape index (κ1) is 13.0. The molecule has 2 nitrogen and oxygen atoms in total. The van der Waals surface area contributed by atoms with Crippen LogP contribution in [0.2, 0.25) is 0 Å². The summed E-state index contributed by atoms with van der Waals surface area (Å²) >= 11 is 0. The van der Waals surface area contributed by atoms with Gasteiger partial charge in [0.2, 0.25) is 0 Å². The Hall–Kier alpha value is -1.02. The summed E-state index contributed by atoms with van der Waals surface area (Å²) in [5.41, 5.74) is 1.97. The topological polar surface area (TPSA) is 29.5 Å². The van der Waals surface area contributed by atoms with Crippen molar-refractivity contribution in [2.45, 2.75) is 40.2 Å². The van der Waals surface area contributed by atoms with E-state index in [1.807, 2.05) is 25.1 Å². The van der Waals surface area contributed by atoms with Gasteiger partial charge in [0.05, 0.1) is 13.2 Å². The molecule has 0 amide bonds. The van der Waals surface area contributed by atoms with Crippen molar-refractivity contribution in [3.8, 4) is 5.75 Å². The van der Waals surface area contributed by atoms with E-state index < -0.39 is 0 Å². The predicted octanol–water partition coefficient (Wildman–Crippen LogP) is 3.30. The van der Waals surface area contributed by atoms with Crippen LogP contribution < -0.4 is 4.74 Å². The molecule has 0 saturated carbocycles. The lowest BCUT2D eigenvalue weighted by Crippen LogP contribution is -2.03. The third-order valence-electron chi connectivity index (χ3n) is 2.64. The minimum atomic E-state index is 0.0429. The van der Waals surface area contributed by atoms with Crippen molar-refractivity contribution in [2.24, 2.45) is 5.92 Å². The Balaban J connectivity index is 2.52. The van der Waals surface area contributed by atoms with Gasteiger partial charge in [-0.1, -0.05) is 32.0 Å². The minimum Gasteiger partial charge on any atom is -0.493 e. The van der Waals surface area contributed by atoms with Crippen molar-refractivity contribution in [3.05, 3.63) is 29.3 Å². The fourth-order valence-corrected chi connectivity index (χ4v) is 1.71. The van der Waals surface area contributed by atoms with Gasteiger partial charge < -0.3 is 9.84 Å². The van der Waals surface area contributed by atoms with Crippen LogP contribution in [0.25, 0.3) is 0 Å². The van der Waals surface area contributed by atoms with E-state index in [-0.39, 0.29) is 6.61 Å². The monoisotopic (exact) mass is 222 g/mol. The number of hydrogen-bond acceptors (Lipinski definition) is 2. The molecule has 1 aromatic rings. The highest BCUT2D eigenvalue weighted by Gasteiger charge is 2.05. The van der Waals surface area contributed by atoms with Crippen molar-refractivity contribution in [2.75, 3.05) is 6.61 Å². The standard InChI is InChI=1S/C14H22O2/c1-11(2)6-5-9-16-14-12(3)7-4-8-13(14)10-15/h4,7-8,11,15H,5-6,9-10H2,1-3H3. The smallest absolute Gasteiger partial charge is 0.127 e. The Bertz CT molecular complexity index is 319. The number of para-hydroxylation sites is 1. The molecule has 1 rings (SSSR count). The first-order chi connectivity index (χ1) is 7.65. The minimum absolute atomic E-state index is 0.0429. The molecule has 0 atom stereocenters. The molecule has 0 spiro atoms. The van der Waals surface area contributed by atoms with Gasteiger partial charge in [-0.05, 0) is 31.2 Å². The average molecular weight is 222 g/mol. The van der Waals surface area contributed by atoms with Crippen LogP contribution in [0, 0.1) is 12.8 Å². The molecule has 0 bridgehead atoms. The second-order valence-electron chi connectivity index (χ2n) is 4.61. The Kier molecular flexibility index (Phi) is 5.33. The Morgan fingerprint density at radius 3 is 2.69 bits per heavy atom. The lowest BCUT2D eigenvalue weighted by Gasteiger charge is -2.13. The molecule has 0 heterocycles. The molecule has 16 heavy (non-hydrogen) atoms. The van der Waals surface area contributed by atoms with Crippen LogP contribution in [0.3, 0.4) is 0 Å². The van der Waals surface area contributed by atoms with E-state index >= 15 is 0 Å². The maximum absolute atomic E-state index is 9.21. The van der Waals surface area contributed by atoms with Crippen molar-refractivity contribution >= 4 is 0 Å². The molecule has 1 N–H and O–H groups in total. The van der Waals surface area contributed by atoms with Crippen LogP contribution in [0.5, 0.6) is 5.75 Å². The molecular weight excluding hydrogens is 200 g/mol. The zero-order valence-corrected chi connectivity index (χ0v) is 10.5. The summed E-state index contributed by atoms with van der Waals surface area (Å²) in [7, 11) is 0. The van der Waals surface area contributed by atoms with Gasteiger partial charge in [-0.15, -0.1) is 0 Å². The summed E-state index contributed by atoms with van der Waals surface area (Å²) < 4.78 is 5.75. The van der Waals surface area contributed by atoms with Crippen LogP contribution in [0.1, 0.15) is 37.8 Å². The Labute approximate surface area is 98.3 Å². The molecule has 0 radical (unpaired) electrons. The zero-order chi connectivity index (χ0) is 12.0. The molecule has 0 unspecified atom stereocenters. The number of ether oxygens (including phenoxy) is 1. The lowest BCUT2D eigenvalue weighted by molar-refractivity contribution is 0.257. The van der Waals surface area contributed by atoms with E-state index in [0.717, 1.165) is 35.8 Å². The number of benzene rings is 1. The van der Waals surface area contributed by atoms with Crippen molar-refractivity contribution in [1.82, 2.24) is 0 Å². The highest BCUT2D eigenvalue weighted by atomic mass is 16.5. The SMILES string of the molecule is Cc1cccc(CO)c1OCCCC(C)C. The summed E-state index contributed by atoms with van der Waals surface area (Å²) in [6.07, 6.45) is 2.25. The third-order valence-corrected chi connectivity index (χ3v) is 2.64. The van der Waals surface area contributed by atoms with Gasteiger partial charge in [-0.2, -0.15) is 0 Å². The van der Waals surface area contributed by atoms with E-state index in [1.165, 1.54) is 6.42 Å². The van der Waals surface area contributed by atoms with E-state index in [4.69, 9.17) is 4.74 Å². The zero-order valence-electron chi connectivity index (χ0n) is 10.5. The lowest BCUT2D eigenvalue weighted by atomic mass is 10.1. The normalized spacial score (nSPS) is 10.8. The molecule has 0 aromatic heterocycles. The third kappa shape index (κ3) is 3.86. The fourth-order valence-electron chi connectivity index (χ4n) is 1.71. The largest absolute Gasteiger partial charge is 0.493 e. The molecule has 0 aliphatic rings. The Morgan fingerprint density at radius 1 is 1.31 bits per heavy atom. The highest BCUT2D eigenvalue weighted by molar-refractivity contribution is 5.40. The van der Waals surface area contributed by atoms with Gasteiger partial charge in [0.15, 0.2) is 0 Å². The van der Waals surface area contributed by atoms with Crippen LogP contribution in [0.4, 0.5) is 0 Å². The first-order valence-electron chi connectivity index (χ1n) is 5.97. The number of aliphatic hydroxyl groups excluding tert-OH is 1. The van der Waals surface area contributed by atoms with Gasteiger partial charge in [-0.3, -0.25) is 0 Å². The van der Waals surface area contributed by atoms with Crippen LogP contribution in [0.15, 0.2) is 18.2 Å². The van der Waals surface area contributed by atoms with Crippen LogP contribution in [-0.2, 0) is 6.61 Å². The number of rotatable bonds is 6. The molecule has 1 aromatic carbocycles. The highest BCUT2D eigenvalue weighted by Crippen LogP contribution is 2.23. The second kappa shape index (κ2) is 6.54. The second-order valence-corrected chi connectivity index (χ2v) is 4.61. The summed E-state index contributed by atoms with van der Waals surface area (Å²) in [6.45, 7) is 7.22. The van der Waals surface area contributed by atoms with Gasteiger partial charge in [-0.25, -0.2) is 0 Å². The first-order valence-corrected chi connectivity index (χ1v) is 5.97. The van der Waals surface area contributed by atoms with Gasteiger partial charge in [0, 0.05) is 5.56 Å². The van der Waals surface area contributed by atoms with E-state index in [1.54, 1.807) is 0 Å². The van der Waals surface area contributed by atoms with Crippen LogP contribution in [-0.4, -0.2) is 11.7 Å². The molecule has 0 saturated heterocycles. The van der Waals surface area contributed by atoms with E-state index in [2.05, 4.69) is 13.8 Å². The van der Waals surface area contributed by atoms with Crippen molar-refractivity contribution in [1.29, 1.82) is 0 Å². The van der Waals surface area contributed by atoms with E-state index in [0.29, 0.717) is 0 Å². The number of hydrogen-bond donors (Lipinski definition) is 1. The molecule has 2 heteroatoms. The molecule has 0 aliphatic carbocycles. The molecule has 0 aliphatic heterocycles. The summed E-state index contributed by atoms with van der Waals surface area (Å²) in [4.78, 5) is 0. The maximum atomic E-state index is 9.21. The van der Waals surface area contributed by atoms with Crippen molar-refractivity contribution in [3.63, 3.8) is 0 Å². The fraction of sp³-hybridized carbons (Fsp3) is 0.571. The maximum Gasteiger partial charge on any atom is 0.127 e. The predicted molar refractivity (Wildman–Crippen MR) is 66.7 cm³/mol. The summed E-state index contributed by atoms with van der Waals surface area (Å²) in [5, 5.41) is 9.21. The summed E-state index contributed by atoms with van der Waals surface area (Å²) in [6, 6.07) is 5.86.